The van der Waals surface area contributed by atoms with E-state index in [1.54, 1.807) is 70.5 Å². The highest BCUT2D eigenvalue weighted by molar-refractivity contribution is 9.10. The number of thiazole rings is 1. The molecule has 0 amide bonds. The van der Waals surface area contributed by atoms with Crippen LogP contribution in [0.15, 0.2) is 80.1 Å². The van der Waals surface area contributed by atoms with E-state index in [-0.39, 0.29) is 24.3 Å². The molecule has 4 aromatic rings. The van der Waals surface area contributed by atoms with E-state index in [2.05, 4.69) is 27.0 Å². The summed E-state index contributed by atoms with van der Waals surface area (Å²) >= 11 is 4.81. The van der Waals surface area contributed by atoms with Gasteiger partial charge in [-0.25, -0.2) is 9.79 Å². The van der Waals surface area contributed by atoms with E-state index in [0.29, 0.717) is 65.8 Å². The van der Waals surface area contributed by atoms with Crippen LogP contribution in [-0.2, 0) is 16.1 Å². The number of methoxy groups -OCH3 is 2. The Hall–Kier alpha value is -4.86. The highest BCUT2D eigenvalue weighted by Crippen LogP contribution is 2.38. The van der Waals surface area contributed by atoms with Gasteiger partial charge < -0.3 is 23.7 Å². The smallest absolute Gasteiger partial charge is 0.338 e. The van der Waals surface area contributed by atoms with E-state index in [1.807, 2.05) is 25.1 Å². The molecule has 3 aromatic carbocycles. The van der Waals surface area contributed by atoms with Crippen molar-refractivity contribution in [2.75, 3.05) is 27.4 Å². The predicted octanol–water partition coefficient (Wildman–Crippen LogP) is 5.43. The number of carbonyl (C=O) groups is 1. The molecule has 0 unspecified atom stereocenters. The zero-order chi connectivity index (χ0) is 33.7. The topological polar surface area (TPSA) is 121 Å². The quantitative estimate of drug-likeness (QED) is 0.189. The van der Waals surface area contributed by atoms with Crippen LogP contribution in [0.3, 0.4) is 0 Å². The summed E-state index contributed by atoms with van der Waals surface area (Å²) in [4.78, 5) is 32.5. The van der Waals surface area contributed by atoms with E-state index >= 15 is 0 Å². The van der Waals surface area contributed by atoms with Gasteiger partial charge in [0.2, 0.25) is 0 Å². The molecule has 0 spiro atoms. The highest BCUT2D eigenvalue weighted by atomic mass is 79.9. The molecular weight excluding hydrogens is 686 g/mol. The van der Waals surface area contributed by atoms with Gasteiger partial charge >= 0.3 is 5.97 Å². The van der Waals surface area contributed by atoms with Gasteiger partial charge in [0.15, 0.2) is 27.8 Å². The number of aromatic nitrogens is 1. The summed E-state index contributed by atoms with van der Waals surface area (Å²) in [5.41, 5.74) is 3.20. The van der Waals surface area contributed by atoms with Crippen molar-refractivity contribution < 1.29 is 28.5 Å². The first-order valence-electron chi connectivity index (χ1n) is 14.7. The zero-order valence-corrected chi connectivity index (χ0v) is 28.9. The Morgan fingerprint density at radius 1 is 1.02 bits per heavy atom. The van der Waals surface area contributed by atoms with E-state index in [4.69, 9.17) is 28.9 Å². The molecule has 1 aliphatic heterocycles. The summed E-state index contributed by atoms with van der Waals surface area (Å²) in [6.07, 6.45) is 1.75. The third-order valence-electron chi connectivity index (χ3n) is 7.34. The number of nitriles is 1. The van der Waals surface area contributed by atoms with Gasteiger partial charge in [0.25, 0.3) is 5.56 Å². The first-order valence-corrected chi connectivity index (χ1v) is 16.3. The number of esters is 1. The molecule has 0 saturated carbocycles. The minimum Gasteiger partial charge on any atom is -0.493 e. The Morgan fingerprint density at radius 2 is 1.77 bits per heavy atom. The first-order chi connectivity index (χ1) is 22.7. The molecule has 47 heavy (non-hydrogen) atoms. The number of benzene rings is 3. The molecule has 12 heteroatoms. The monoisotopic (exact) mass is 717 g/mol. The summed E-state index contributed by atoms with van der Waals surface area (Å²) in [6.45, 7) is 6.17. The Labute approximate surface area is 283 Å². The molecule has 0 aliphatic carbocycles. The number of nitrogens with zero attached hydrogens (tertiary/aromatic N) is 3. The number of rotatable bonds is 11. The van der Waals surface area contributed by atoms with Gasteiger partial charge in [-0.1, -0.05) is 29.5 Å². The van der Waals surface area contributed by atoms with Crippen molar-refractivity contribution in [2.24, 2.45) is 4.99 Å². The predicted molar refractivity (Wildman–Crippen MR) is 181 cm³/mol. The second kappa shape index (κ2) is 14.7. The van der Waals surface area contributed by atoms with Crippen LogP contribution in [0.5, 0.6) is 23.0 Å². The van der Waals surface area contributed by atoms with Gasteiger partial charge in [-0.15, -0.1) is 0 Å². The average molecular weight is 719 g/mol. The van der Waals surface area contributed by atoms with E-state index < -0.39 is 12.0 Å². The molecule has 0 saturated heterocycles. The second-order valence-corrected chi connectivity index (χ2v) is 12.1. The fourth-order valence-corrected chi connectivity index (χ4v) is 6.80. The minimum absolute atomic E-state index is 0.170. The Kier molecular flexibility index (Phi) is 10.5. The Balaban J connectivity index is 1.58. The molecule has 0 radical (unpaired) electrons. The summed E-state index contributed by atoms with van der Waals surface area (Å²) in [6, 6.07) is 17.4. The number of allylic oxidation sites excluding steroid dienone is 1. The van der Waals surface area contributed by atoms with Crippen molar-refractivity contribution in [3.63, 3.8) is 0 Å². The molecule has 10 nitrogen and oxygen atoms in total. The van der Waals surface area contributed by atoms with Crippen LogP contribution in [0.1, 0.15) is 49.1 Å². The van der Waals surface area contributed by atoms with Gasteiger partial charge in [-0.2, -0.15) is 5.26 Å². The maximum Gasteiger partial charge on any atom is 0.338 e. The number of hydrogen-bond acceptors (Lipinski definition) is 10. The van der Waals surface area contributed by atoms with E-state index in [1.165, 1.54) is 15.9 Å². The summed E-state index contributed by atoms with van der Waals surface area (Å²) in [5, 5.41) is 9.05. The molecular formula is C35H32BrN3O7S. The van der Waals surface area contributed by atoms with Crippen molar-refractivity contribution in [2.45, 2.75) is 33.4 Å². The van der Waals surface area contributed by atoms with Crippen LogP contribution < -0.4 is 33.8 Å². The molecule has 242 valence electrons. The number of hydrogen-bond donors (Lipinski definition) is 0. The van der Waals surface area contributed by atoms with Gasteiger partial charge in [-0.3, -0.25) is 9.36 Å². The lowest BCUT2D eigenvalue weighted by molar-refractivity contribution is -0.139. The molecule has 0 N–H and O–H groups in total. The largest absolute Gasteiger partial charge is 0.493 e. The molecule has 1 aromatic heterocycles. The average Bonchev–Trinajstić information content (AvgIpc) is 3.37. The van der Waals surface area contributed by atoms with Gasteiger partial charge in [-0.05, 0) is 95.9 Å². The first kappa shape index (κ1) is 33.5. The number of carbonyl (C=O) groups excluding carboxylic acids is 1. The van der Waals surface area contributed by atoms with Crippen LogP contribution in [-0.4, -0.2) is 38.0 Å². The second-order valence-electron chi connectivity index (χ2n) is 10.3. The molecule has 0 fully saturated rings. The Bertz CT molecular complexity index is 2080. The third kappa shape index (κ3) is 6.96. The number of fused-ring (bicyclic) bond motifs is 1. The van der Waals surface area contributed by atoms with E-state index in [0.717, 1.165) is 5.56 Å². The molecule has 2 heterocycles. The maximum atomic E-state index is 14.1. The normalized spacial score (nSPS) is 14.1. The van der Waals surface area contributed by atoms with Crippen LogP contribution in [0.4, 0.5) is 0 Å². The van der Waals surface area contributed by atoms with Crippen molar-refractivity contribution in [1.29, 1.82) is 5.26 Å². The molecule has 5 rings (SSSR count). The van der Waals surface area contributed by atoms with Crippen molar-refractivity contribution in [1.82, 2.24) is 4.57 Å². The lowest BCUT2D eigenvalue weighted by atomic mass is 9.95. The minimum atomic E-state index is -0.808. The maximum absolute atomic E-state index is 14.1. The fourth-order valence-electron chi connectivity index (χ4n) is 5.18. The SMILES string of the molecule is CCOC(=O)C1=C(C)N=c2s/c(=C/c3cc(Br)c(OCc4ccc(C#N)cc4)c(OC)c3)c(=O)n2[C@@H]1c1ccc(OC)c(OCC)c1. The number of ether oxygens (including phenoxy) is 5. The van der Waals surface area contributed by atoms with Gasteiger partial charge in [0, 0.05) is 0 Å². The van der Waals surface area contributed by atoms with Gasteiger partial charge in [0.05, 0.1) is 65.4 Å². The van der Waals surface area contributed by atoms with Crippen LogP contribution in [0, 0.1) is 11.3 Å². The molecule has 1 aliphatic rings. The number of halogens is 1. The van der Waals surface area contributed by atoms with Crippen LogP contribution >= 0.6 is 27.3 Å². The lowest BCUT2D eigenvalue weighted by Crippen LogP contribution is -2.40. The van der Waals surface area contributed by atoms with E-state index in [9.17, 15) is 9.59 Å². The summed E-state index contributed by atoms with van der Waals surface area (Å²) in [5.74, 6) is 1.44. The van der Waals surface area contributed by atoms with Crippen LogP contribution in [0.2, 0.25) is 0 Å². The summed E-state index contributed by atoms with van der Waals surface area (Å²) in [7, 11) is 3.09. The highest BCUT2D eigenvalue weighted by Gasteiger charge is 2.34. The molecule has 0 bridgehead atoms. The van der Waals surface area contributed by atoms with Gasteiger partial charge in [0.1, 0.15) is 6.61 Å². The molecule has 1 atom stereocenters. The third-order valence-corrected chi connectivity index (χ3v) is 8.91. The van der Waals surface area contributed by atoms with Crippen molar-refractivity contribution in [3.05, 3.63) is 112 Å². The standard InChI is InChI=1S/C35H32BrN3O7S/c1-6-44-27-17-24(12-13-26(27)42-4)31-30(34(41)45-7-2)20(3)38-35-39(31)33(40)29(47-35)16-23-14-25(36)32(28(15-23)43-5)46-19-22-10-8-21(18-37)9-11-22/h8-17,31H,6-7,19H2,1-5H3/b29-16+/t31-/m1/s1. The van der Waals surface area contributed by atoms with Crippen molar-refractivity contribution in [3.8, 4) is 29.1 Å². The van der Waals surface area contributed by atoms with Crippen molar-refractivity contribution >= 4 is 39.3 Å². The van der Waals surface area contributed by atoms with Crippen LogP contribution in [0.25, 0.3) is 6.08 Å². The summed E-state index contributed by atoms with van der Waals surface area (Å²) < 4.78 is 31.0. The lowest BCUT2D eigenvalue weighted by Gasteiger charge is -2.25. The fraction of sp³-hybridized carbons (Fsp3) is 0.257. The zero-order valence-electron chi connectivity index (χ0n) is 26.5. The Morgan fingerprint density at radius 3 is 2.43 bits per heavy atom.